The molecule has 3 rings (SSSR count). The lowest BCUT2D eigenvalue weighted by molar-refractivity contribution is 0.194. The number of fused-ring (bicyclic) bond motifs is 1. The molecule has 0 aliphatic heterocycles. The van der Waals surface area contributed by atoms with Crippen LogP contribution in [0.15, 0.2) is 42.5 Å². The summed E-state index contributed by atoms with van der Waals surface area (Å²) in [5.41, 5.74) is 3.45. The van der Waals surface area contributed by atoms with E-state index in [1.54, 1.807) is 6.92 Å². The van der Waals surface area contributed by atoms with E-state index in [2.05, 4.69) is 9.97 Å². The van der Waals surface area contributed by atoms with E-state index in [9.17, 15) is 5.11 Å². The molecule has 2 aromatic heterocycles. The van der Waals surface area contributed by atoms with Crippen molar-refractivity contribution in [3.05, 3.63) is 48.2 Å². The SMILES string of the molecule is CC(O)c1cccc(-c2nc3ccccc3n2C)n1. The number of imidazole rings is 1. The molecule has 0 amide bonds. The van der Waals surface area contributed by atoms with Crippen LogP contribution in [0.2, 0.25) is 0 Å². The number of nitrogens with zero attached hydrogens (tertiary/aromatic N) is 3. The van der Waals surface area contributed by atoms with Gasteiger partial charge in [-0.3, -0.25) is 0 Å². The van der Waals surface area contributed by atoms with Crippen LogP contribution in [-0.4, -0.2) is 19.6 Å². The molecule has 1 unspecified atom stereocenters. The fraction of sp³-hybridized carbons (Fsp3) is 0.200. The van der Waals surface area contributed by atoms with Crippen molar-refractivity contribution >= 4 is 11.0 Å². The summed E-state index contributed by atoms with van der Waals surface area (Å²) in [5.74, 6) is 0.809. The van der Waals surface area contributed by atoms with Crippen LogP contribution in [0, 0.1) is 0 Å². The molecule has 0 spiro atoms. The Hall–Kier alpha value is -2.20. The van der Waals surface area contributed by atoms with E-state index >= 15 is 0 Å². The number of aliphatic hydroxyl groups excluding tert-OH is 1. The first-order valence-electron chi connectivity index (χ1n) is 6.23. The van der Waals surface area contributed by atoms with Gasteiger partial charge in [0.1, 0.15) is 5.69 Å². The van der Waals surface area contributed by atoms with Crippen LogP contribution >= 0.6 is 0 Å². The van der Waals surface area contributed by atoms with Gasteiger partial charge in [0.25, 0.3) is 0 Å². The van der Waals surface area contributed by atoms with Crippen LogP contribution in [0.5, 0.6) is 0 Å². The highest BCUT2D eigenvalue weighted by molar-refractivity contribution is 5.79. The second-order valence-electron chi connectivity index (χ2n) is 4.61. The fourth-order valence-corrected chi connectivity index (χ4v) is 2.18. The van der Waals surface area contributed by atoms with Crippen LogP contribution in [0.4, 0.5) is 0 Å². The average molecular weight is 253 g/mol. The Balaban J connectivity index is 2.19. The van der Waals surface area contributed by atoms with Gasteiger partial charge in [0.2, 0.25) is 0 Å². The van der Waals surface area contributed by atoms with Crippen molar-refractivity contribution < 1.29 is 5.11 Å². The highest BCUT2D eigenvalue weighted by Crippen LogP contribution is 2.23. The topological polar surface area (TPSA) is 50.9 Å². The van der Waals surface area contributed by atoms with E-state index in [1.807, 2.05) is 54.1 Å². The number of aliphatic hydroxyl groups is 1. The van der Waals surface area contributed by atoms with E-state index < -0.39 is 6.10 Å². The first kappa shape index (κ1) is 11.9. The summed E-state index contributed by atoms with van der Waals surface area (Å²) in [5, 5.41) is 9.61. The second kappa shape index (κ2) is 4.48. The monoisotopic (exact) mass is 253 g/mol. The molecule has 0 fully saturated rings. The summed E-state index contributed by atoms with van der Waals surface area (Å²) in [7, 11) is 1.97. The minimum Gasteiger partial charge on any atom is -0.387 e. The second-order valence-corrected chi connectivity index (χ2v) is 4.61. The third kappa shape index (κ3) is 2.00. The van der Waals surface area contributed by atoms with Gasteiger partial charge in [-0.25, -0.2) is 9.97 Å². The summed E-state index contributed by atoms with van der Waals surface area (Å²) in [4.78, 5) is 9.07. The largest absolute Gasteiger partial charge is 0.387 e. The molecule has 1 N–H and O–H groups in total. The molecule has 3 aromatic rings. The van der Waals surface area contributed by atoms with E-state index in [0.717, 1.165) is 22.6 Å². The maximum atomic E-state index is 9.61. The van der Waals surface area contributed by atoms with Gasteiger partial charge in [-0.2, -0.15) is 0 Å². The summed E-state index contributed by atoms with van der Waals surface area (Å²) >= 11 is 0. The van der Waals surface area contributed by atoms with Crippen molar-refractivity contribution in [2.45, 2.75) is 13.0 Å². The molecule has 1 atom stereocenters. The quantitative estimate of drug-likeness (QED) is 0.764. The lowest BCUT2D eigenvalue weighted by Gasteiger charge is -2.06. The number of aryl methyl sites for hydroxylation is 1. The number of benzene rings is 1. The van der Waals surface area contributed by atoms with E-state index in [-0.39, 0.29) is 0 Å². The number of pyridine rings is 1. The number of para-hydroxylation sites is 2. The molecule has 19 heavy (non-hydrogen) atoms. The van der Waals surface area contributed by atoms with Gasteiger partial charge in [-0.05, 0) is 31.2 Å². The highest BCUT2D eigenvalue weighted by Gasteiger charge is 2.12. The molecular formula is C15H15N3O. The van der Waals surface area contributed by atoms with E-state index in [1.165, 1.54) is 0 Å². The molecule has 4 nitrogen and oxygen atoms in total. The Morgan fingerprint density at radius 1 is 1.05 bits per heavy atom. The van der Waals surface area contributed by atoms with Gasteiger partial charge in [0.05, 0.1) is 22.8 Å². The third-order valence-corrected chi connectivity index (χ3v) is 3.21. The number of hydrogen-bond donors (Lipinski definition) is 1. The minimum atomic E-state index is -0.574. The van der Waals surface area contributed by atoms with Crippen molar-refractivity contribution in [3.8, 4) is 11.5 Å². The zero-order valence-electron chi connectivity index (χ0n) is 10.9. The Morgan fingerprint density at radius 3 is 2.58 bits per heavy atom. The van der Waals surface area contributed by atoms with Crippen molar-refractivity contribution in [1.29, 1.82) is 0 Å². The standard InChI is InChI=1S/C15H15N3O/c1-10(19)11-7-5-8-13(16-11)15-17-12-6-3-4-9-14(12)18(15)2/h3-10,19H,1-2H3. The maximum Gasteiger partial charge on any atom is 0.159 e. The predicted molar refractivity (Wildman–Crippen MR) is 74.6 cm³/mol. The lowest BCUT2D eigenvalue weighted by atomic mass is 10.2. The molecule has 0 aliphatic carbocycles. The Labute approximate surface area is 111 Å². The summed E-state index contributed by atoms with van der Waals surface area (Å²) in [6.07, 6.45) is -0.574. The van der Waals surface area contributed by atoms with E-state index in [4.69, 9.17) is 0 Å². The van der Waals surface area contributed by atoms with Crippen molar-refractivity contribution in [3.63, 3.8) is 0 Å². The molecule has 0 saturated carbocycles. The van der Waals surface area contributed by atoms with Gasteiger partial charge in [0.15, 0.2) is 5.82 Å². The zero-order chi connectivity index (χ0) is 13.4. The molecule has 4 heteroatoms. The average Bonchev–Trinajstić information content (AvgIpc) is 2.77. The minimum absolute atomic E-state index is 0.574. The normalized spacial score (nSPS) is 12.8. The van der Waals surface area contributed by atoms with Crippen LogP contribution < -0.4 is 0 Å². The molecule has 0 aliphatic rings. The smallest absolute Gasteiger partial charge is 0.159 e. The summed E-state index contributed by atoms with van der Waals surface area (Å²) in [6, 6.07) is 13.6. The predicted octanol–water partition coefficient (Wildman–Crippen LogP) is 2.69. The number of rotatable bonds is 2. The third-order valence-electron chi connectivity index (χ3n) is 3.21. The Kier molecular flexibility index (Phi) is 2.80. The summed E-state index contributed by atoms with van der Waals surface area (Å²) < 4.78 is 2.02. The Morgan fingerprint density at radius 2 is 1.84 bits per heavy atom. The van der Waals surface area contributed by atoms with Crippen molar-refractivity contribution in [2.24, 2.45) is 7.05 Å². The maximum absolute atomic E-state index is 9.61. The van der Waals surface area contributed by atoms with Gasteiger partial charge < -0.3 is 9.67 Å². The van der Waals surface area contributed by atoms with Crippen molar-refractivity contribution in [1.82, 2.24) is 14.5 Å². The van der Waals surface area contributed by atoms with Crippen LogP contribution in [-0.2, 0) is 7.05 Å². The van der Waals surface area contributed by atoms with Crippen molar-refractivity contribution in [2.75, 3.05) is 0 Å². The molecule has 2 heterocycles. The number of hydrogen-bond acceptors (Lipinski definition) is 3. The molecule has 0 bridgehead atoms. The zero-order valence-corrected chi connectivity index (χ0v) is 10.9. The number of aromatic nitrogens is 3. The van der Waals surface area contributed by atoms with Crippen LogP contribution in [0.3, 0.4) is 0 Å². The molecule has 0 saturated heterocycles. The lowest BCUT2D eigenvalue weighted by Crippen LogP contribution is -1.99. The highest BCUT2D eigenvalue weighted by atomic mass is 16.3. The fourth-order valence-electron chi connectivity index (χ4n) is 2.18. The first-order valence-corrected chi connectivity index (χ1v) is 6.23. The van der Waals surface area contributed by atoms with E-state index in [0.29, 0.717) is 5.69 Å². The first-order chi connectivity index (χ1) is 9.16. The molecular weight excluding hydrogens is 238 g/mol. The van der Waals surface area contributed by atoms with Crippen LogP contribution in [0.25, 0.3) is 22.6 Å². The van der Waals surface area contributed by atoms with Gasteiger partial charge in [-0.1, -0.05) is 18.2 Å². The molecule has 96 valence electrons. The van der Waals surface area contributed by atoms with Gasteiger partial charge in [-0.15, -0.1) is 0 Å². The molecule has 1 aromatic carbocycles. The van der Waals surface area contributed by atoms with Crippen LogP contribution in [0.1, 0.15) is 18.7 Å². The Bertz CT molecular complexity index is 731. The van der Waals surface area contributed by atoms with Gasteiger partial charge in [0, 0.05) is 7.05 Å². The van der Waals surface area contributed by atoms with Gasteiger partial charge >= 0.3 is 0 Å². The summed E-state index contributed by atoms with van der Waals surface area (Å²) in [6.45, 7) is 1.71. The molecule has 0 radical (unpaired) electrons.